The first kappa shape index (κ1) is 14.6. The van der Waals surface area contributed by atoms with Crippen molar-refractivity contribution in [1.82, 2.24) is 0 Å². The third-order valence-corrected chi connectivity index (χ3v) is 2.24. The van der Waals surface area contributed by atoms with E-state index in [0.29, 0.717) is 11.4 Å². The molecule has 0 atom stereocenters. The monoisotopic (exact) mass is 265 g/mol. The first-order valence-electron chi connectivity index (χ1n) is 5.40. The van der Waals surface area contributed by atoms with Crippen molar-refractivity contribution in [3.63, 3.8) is 0 Å². The Hall–Kier alpha value is -2.50. The number of nitrogens with one attached hydrogen (secondary N) is 1. The van der Waals surface area contributed by atoms with Gasteiger partial charge in [-0.15, -0.1) is 0 Å². The minimum atomic E-state index is -0.684. The fourth-order valence-corrected chi connectivity index (χ4v) is 1.33. The quantitative estimate of drug-likeness (QED) is 0.639. The second kappa shape index (κ2) is 7.05. The molecule has 0 heterocycles. The van der Waals surface area contributed by atoms with Gasteiger partial charge in [-0.25, -0.2) is 9.59 Å². The highest BCUT2D eigenvalue weighted by Gasteiger charge is 2.14. The Balaban J connectivity index is 3.04. The topological polar surface area (TPSA) is 73.9 Å². The lowest BCUT2D eigenvalue weighted by Gasteiger charge is -2.12. The second-order valence-corrected chi connectivity index (χ2v) is 3.40. The highest BCUT2D eigenvalue weighted by molar-refractivity contribution is 5.99. The minimum Gasteiger partial charge on any atom is -0.495 e. The Morgan fingerprint density at radius 2 is 1.79 bits per heavy atom. The number of benzene rings is 1. The number of methoxy groups -OCH3 is 3. The van der Waals surface area contributed by atoms with Crippen LogP contribution in [-0.2, 0) is 19.1 Å². The molecule has 1 N–H and O–H groups in total. The van der Waals surface area contributed by atoms with Crippen LogP contribution in [0.3, 0.4) is 0 Å². The Kier molecular flexibility index (Phi) is 5.40. The van der Waals surface area contributed by atoms with Crippen LogP contribution in [0.1, 0.15) is 0 Å². The molecule has 0 radical (unpaired) electrons. The van der Waals surface area contributed by atoms with Gasteiger partial charge in [0.05, 0.1) is 33.1 Å². The summed E-state index contributed by atoms with van der Waals surface area (Å²) in [6, 6.07) is 6.96. The molecule has 102 valence electrons. The maximum absolute atomic E-state index is 11.6. The van der Waals surface area contributed by atoms with Gasteiger partial charge in [-0.2, -0.15) is 0 Å². The zero-order valence-electron chi connectivity index (χ0n) is 10.9. The number of hydrogen-bond acceptors (Lipinski definition) is 6. The Labute approximate surface area is 111 Å². The fourth-order valence-electron chi connectivity index (χ4n) is 1.33. The molecule has 19 heavy (non-hydrogen) atoms. The maximum Gasteiger partial charge on any atom is 0.354 e. The van der Waals surface area contributed by atoms with Crippen molar-refractivity contribution >= 4 is 17.6 Å². The Morgan fingerprint density at radius 1 is 1.11 bits per heavy atom. The second-order valence-electron chi connectivity index (χ2n) is 3.40. The molecule has 0 unspecified atom stereocenters. The van der Waals surface area contributed by atoms with Crippen molar-refractivity contribution in [2.45, 2.75) is 0 Å². The zero-order valence-corrected chi connectivity index (χ0v) is 10.9. The molecule has 0 spiro atoms. The smallest absolute Gasteiger partial charge is 0.354 e. The molecule has 1 aromatic rings. The molecule has 1 rings (SSSR count). The number of rotatable bonds is 5. The van der Waals surface area contributed by atoms with E-state index in [2.05, 4.69) is 14.8 Å². The van der Waals surface area contributed by atoms with Gasteiger partial charge in [0.1, 0.15) is 11.4 Å². The molecule has 0 saturated carbocycles. The molecule has 0 aromatic heterocycles. The van der Waals surface area contributed by atoms with E-state index >= 15 is 0 Å². The number of para-hydroxylation sites is 2. The summed E-state index contributed by atoms with van der Waals surface area (Å²) in [5.74, 6) is -0.818. The van der Waals surface area contributed by atoms with Gasteiger partial charge in [-0.1, -0.05) is 12.1 Å². The van der Waals surface area contributed by atoms with Crippen LogP contribution in [0, 0.1) is 0 Å². The van der Waals surface area contributed by atoms with Crippen molar-refractivity contribution in [2.75, 3.05) is 26.6 Å². The molecular weight excluding hydrogens is 250 g/mol. The van der Waals surface area contributed by atoms with Crippen LogP contribution in [0.2, 0.25) is 0 Å². The summed E-state index contributed by atoms with van der Waals surface area (Å²) in [4.78, 5) is 22.8. The largest absolute Gasteiger partial charge is 0.495 e. The molecule has 0 aliphatic rings. The van der Waals surface area contributed by atoms with Gasteiger partial charge >= 0.3 is 11.9 Å². The van der Waals surface area contributed by atoms with Crippen LogP contribution in [0.25, 0.3) is 0 Å². The average Bonchev–Trinajstić information content (AvgIpc) is 2.45. The number of carbonyl (C=O) groups excluding carboxylic acids is 2. The SMILES string of the molecule is COC(=O)/C=C(\Nc1ccccc1OC)C(=O)OC. The summed E-state index contributed by atoms with van der Waals surface area (Å²) in [6.07, 6.45) is 1.01. The minimum absolute atomic E-state index is 0.0427. The number of carbonyl (C=O) groups is 2. The van der Waals surface area contributed by atoms with Gasteiger partial charge in [0.2, 0.25) is 0 Å². The maximum atomic E-state index is 11.6. The van der Waals surface area contributed by atoms with E-state index in [0.717, 1.165) is 6.08 Å². The summed E-state index contributed by atoms with van der Waals surface area (Å²) in [6.45, 7) is 0. The van der Waals surface area contributed by atoms with Crippen LogP contribution >= 0.6 is 0 Å². The van der Waals surface area contributed by atoms with E-state index in [1.54, 1.807) is 24.3 Å². The van der Waals surface area contributed by atoms with Gasteiger partial charge in [-0.05, 0) is 12.1 Å². The Bertz CT molecular complexity index is 496. The standard InChI is InChI=1S/C13H15NO5/c1-17-11-7-5-4-6-9(11)14-10(13(16)19-3)8-12(15)18-2/h4-8,14H,1-3H3/b10-8-. The van der Waals surface area contributed by atoms with E-state index in [1.165, 1.54) is 21.3 Å². The number of hydrogen-bond donors (Lipinski definition) is 1. The summed E-state index contributed by atoms with van der Waals surface area (Å²) in [5.41, 5.74) is 0.490. The van der Waals surface area contributed by atoms with Crippen molar-refractivity contribution in [2.24, 2.45) is 0 Å². The molecule has 6 heteroatoms. The van der Waals surface area contributed by atoms with Crippen molar-refractivity contribution in [3.05, 3.63) is 36.0 Å². The first-order valence-corrected chi connectivity index (χ1v) is 5.40. The third-order valence-electron chi connectivity index (χ3n) is 2.24. The summed E-state index contributed by atoms with van der Waals surface area (Å²) in [7, 11) is 3.94. The fraction of sp³-hybridized carbons (Fsp3) is 0.231. The summed E-state index contributed by atoms with van der Waals surface area (Å²) >= 11 is 0. The molecule has 0 aliphatic carbocycles. The summed E-state index contributed by atoms with van der Waals surface area (Å²) < 4.78 is 14.2. The molecule has 6 nitrogen and oxygen atoms in total. The average molecular weight is 265 g/mol. The predicted molar refractivity (Wildman–Crippen MR) is 68.7 cm³/mol. The predicted octanol–water partition coefficient (Wildman–Crippen LogP) is 1.34. The van der Waals surface area contributed by atoms with Gasteiger partial charge in [0.15, 0.2) is 0 Å². The lowest BCUT2D eigenvalue weighted by molar-refractivity contribution is -0.138. The molecule has 0 fully saturated rings. The first-order chi connectivity index (χ1) is 9.12. The number of esters is 2. The lowest BCUT2D eigenvalue weighted by Crippen LogP contribution is -2.15. The molecule has 1 aromatic carbocycles. The highest BCUT2D eigenvalue weighted by Crippen LogP contribution is 2.24. The van der Waals surface area contributed by atoms with Gasteiger partial charge in [-0.3, -0.25) is 0 Å². The zero-order chi connectivity index (χ0) is 14.3. The lowest BCUT2D eigenvalue weighted by atomic mass is 10.2. The molecular formula is C13H15NO5. The van der Waals surface area contributed by atoms with E-state index in [4.69, 9.17) is 4.74 Å². The Morgan fingerprint density at radius 3 is 2.37 bits per heavy atom. The van der Waals surface area contributed by atoms with Crippen LogP contribution in [0.4, 0.5) is 5.69 Å². The van der Waals surface area contributed by atoms with Crippen LogP contribution in [-0.4, -0.2) is 33.3 Å². The van der Waals surface area contributed by atoms with Gasteiger partial charge < -0.3 is 19.5 Å². The van der Waals surface area contributed by atoms with E-state index in [-0.39, 0.29) is 5.70 Å². The van der Waals surface area contributed by atoms with Crippen LogP contribution in [0.15, 0.2) is 36.0 Å². The number of anilines is 1. The molecule has 0 amide bonds. The van der Waals surface area contributed by atoms with E-state index < -0.39 is 11.9 Å². The van der Waals surface area contributed by atoms with E-state index in [1.807, 2.05) is 0 Å². The van der Waals surface area contributed by atoms with Crippen molar-refractivity contribution < 1.29 is 23.8 Å². The van der Waals surface area contributed by atoms with E-state index in [9.17, 15) is 9.59 Å². The third kappa shape index (κ3) is 4.02. The van der Waals surface area contributed by atoms with Crippen molar-refractivity contribution in [3.8, 4) is 5.75 Å². The molecule has 0 aliphatic heterocycles. The summed E-state index contributed by atoms with van der Waals surface area (Å²) in [5, 5.41) is 2.78. The number of ether oxygens (including phenoxy) is 3. The molecule has 0 bridgehead atoms. The van der Waals surface area contributed by atoms with Crippen LogP contribution < -0.4 is 10.1 Å². The normalized spacial score (nSPS) is 10.6. The van der Waals surface area contributed by atoms with Gasteiger partial charge in [0, 0.05) is 0 Å². The van der Waals surface area contributed by atoms with Crippen LogP contribution in [0.5, 0.6) is 5.75 Å². The van der Waals surface area contributed by atoms with Crippen molar-refractivity contribution in [1.29, 1.82) is 0 Å². The molecule has 0 saturated heterocycles. The highest BCUT2D eigenvalue weighted by atomic mass is 16.5. The van der Waals surface area contributed by atoms with Gasteiger partial charge in [0.25, 0.3) is 0 Å².